The fourth-order valence-corrected chi connectivity index (χ4v) is 2.19. The van der Waals surface area contributed by atoms with Crippen LogP contribution in [-0.4, -0.2) is 33.8 Å². The Bertz CT molecular complexity index is 629. The number of nitrogens with zero attached hydrogens (tertiary/aromatic N) is 4. The quantitative estimate of drug-likeness (QED) is 0.914. The second kappa shape index (κ2) is 5.24. The van der Waals surface area contributed by atoms with Gasteiger partial charge < -0.3 is 10.2 Å². The van der Waals surface area contributed by atoms with Crippen LogP contribution >= 0.6 is 0 Å². The molecule has 0 amide bonds. The minimum Gasteiger partial charge on any atom is -0.349 e. The zero-order chi connectivity index (χ0) is 13.9. The van der Waals surface area contributed by atoms with Gasteiger partial charge in [-0.3, -0.25) is 9.78 Å². The van der Waals surface area contributed by atoms with Gasteiger partial charge in [0, 0.05) is 25.2 Å². The van der Waals surface area contributed by atoms with E-state index in [1.807, 2.05) is 30.0 Å². The van der Waals surface area contributed by atoms with Crippen LogP contribution in [0.5, 0.6) is 0 Å². The van der Waals surface area contributed by atoms with E-state index in [4.69, 9.17) is 0 Å². The Morgan fingerprint density at radius 2 is 2.25 bits per heavy atom. The number of hydrogen-bond acceptors (Lipinski definition) is 6. The predicted octanol–water partition coefficient (Wildman–Crippen LogP) is 1.70. The standard InChI is InChI=1S/C14H15N5O/c1-10-16-13(18-11-3-2-5-15-8-11)7-14(17-10)19-6-4-12(20)9-19/h2-3,5,7-8H,4,6,9H2,1H3,(H,16,17,18). The summed E-state index contributed by atoms with van der Waals surface area (Å²) >= 11 is 0. The molecule has 0 aromatic carbocycles. The number of pyridine rings is 1. The Morgan fingerprint density at radius 1 is 1.35 bits per heavy atom. The van der Waals surface area contributed by atoms with Crippen LogP contribution in [0.15, 0.2) is 30.6 Å². The molecule has 20 heavy (non-hydrogen) atoms. The predicted molar refractivity (Wildman–Crippen MR) is 76.1 cm³/mol. The van der Waals surface area contributed by atoms with E-state index in [0.717, 1.165) is 18.1 Å². The first kappa shape index (κ1) is 12.5. The van der Waals surface area contributed by atoms with Crippen LogP contribution < -0.4 is 10.2 Å². The van der Waals surface area contributed by atoms with Gasteiger partial charge in [0.25, 0.3) is 0 Å². The summed E-state index contributed by atoms with van der Waals surface area (Å²) in [5.74, 6) is 2.42. The number of hydrogen-bond donors (Lipinski definition) is 1. The number of ketones is 1. The first-order chi connectivity index (χ1) is 9.70. The maximum atomic E-state index is 11.4. The van der Waals surface area contributed by atoms with Crippen LogP contribution in [-0.2, 0) is 4.79 Å². The Labute approximate surface area is 116 Å². The molecule has 0 unspecified atom stereocenters. The van der Waals surface area contributed by atoms with E-state index in [9.17, 15) is 4.79 Å². The Balaban J connectivity index is 1.85. The Kier molecular flexibility index (Phi) is 3.28. The summed E-state index contributed by atoms with van der Waals surface area (Å²) in [4.78, 5) is 26.2. The highest BCUT2D eigenvalue weighted by molar-refractivity contribution is 5.86. The molecule has 0 atom stereocenters. The first-order valence-corrected chi connectivity index (χ1v) is 6.50. The summed E-state index contributed by atoms with van der Waals surface area (Å²) in [5, 5.41) is 3.19. The number of carbonyl (C=O) groups is 1. The van der Waals surface area contributed by atoms with Gasteiger partial charge in [-0.15, -0.1) is 0 Å². The number of aryl methyl sites for hydroxylation is 1. The van der Waals surface area contributed by atoms with Crippen molar-refractivity contribution in [3.63, 3.8) is 0 Å². The summed E-state index contributed by atoms with van der Waals surface area (Å²) in [6, 6.07) is 5.64. The highest BCUT2D eigenvalue weighted by atomic mass is 16.1. The third-order valence-corrected chi connectivity index (χ3v) is 3.11. The van der Waals surface area contributed by atoms with Crippen molar-refractivity contribution in [2.24, 2.45) is 0 Å². The number of anilines is 3. The van der Waals surface area contributed by atoms with Crippen molar-refractivity contribution in [2.45, 2.75) is 13.3 Å². The minimum atomic E-state index is 0.253. The van der Waals surface area contributed by atoms with E-state index in [1.54, 1.807) is 12.4 Å². The van der Waals surface area contributed by atoms with Crippen molar-refractivity contribution in [3.05, 3.63) is 36.4 Å². The van der Waals surface area contributed by atoms with Crippen molar-refractivity contribution in [2.75, 3.05) is 23.3 Å². The molecule has 6 heteroatoms. The van der Waals surface area contributed by atoms with E-state index in [-0.39, 0.29) is 5.78 Å². The molecule has 3 rings (SSSR count). The summed E-state index contributed by atoms with van der Waals surface area (Å²) < 4.78 is 0. The van der Waals surface area contributed by atoms with Gasteiger partial charge in [0.1, 0.15) is 17.5 Å². The minimum absolute atomic E-state index is 0.253. The molecule has 1 fully saturated rings. The van der Waals surface area contributed by atoms with Crippen molar-refractivity contribution in [3.8, 4) is 0 Å². The van der Waals surface area contributed by atoms with Gasteiger partial charge in [-0.2, -0.15) is 0 Å². The van der Waals surface area contributed by atoms with Gasteiger partial charge in [-0.25, -0.2) is 9.97 Å². The lowest BCUT2D eigenvalue weighted by Crippen LogP contribution is -2.21. The molecular formula is C14H15N5O. The lowest BCUT2D eigenvalue weighted by atomic mass is 10.4. The van der Waals surface area contributed by atoms with Gasteiger partial charge in [-0.05, 0) is 19.1 Å². The van der Waals surface area contributed by atoms with Gasteiger partial charge in [0.05, 0.1) is 18.4 Å². The van der Waals surface area contributed by atoms with Gasteiger partial charge >= 0.3 is 0 Å². The van der Waals surface area contributed by atoms with Crippen LogP contribution in [0.3, 0.4) is 0 Å². The third-order valence-electron chi connectivity index (χ3n) is 3.11. The fourth-order valence-electron chi connectivity index (χ4n) is 2.19. The van der Waals surface area contributed by atoms with E-state index in [2.05, 4.69) is 20.3 Å². The van der Waals surface area contributed by atoms with Gasteiger partial charge in [0.15, 0.2) is 5.78 Å². The van der Waals surface area contributed by atoms with Gasteiger partial charge in [-0.1, -0.05) is 0 Å². The van der Waals surface area contributed by atoms with E-state index >= 15 is 0 Å². The summed E-state index contributed by atoms with van der Waals surface area (Å²) in [7, 11) is 0. The molecule has 1 aliphatic rings. The average Bonchev–Trinajstić information content (AvgIpc) is 2.86. The second-order valence-electron chi connectivity index (χ2n) is 4.74. The largest absolute Gasteiger partial charge is 0.349 e. The number of nitrogens with one attached hydrogen (secondary N) is 1. The molecule has 0 radical (unpaired) electrons. The summed E-state index contributed by atoms with van der Waals surface area (Å²) in [6.45, 7) is 3.00. The van der Waals surface area contributed by atoms with E-state index in [1.165, 1.54) is 0 Å². The lowest BCUT2D eigenvalue weighted by Gasteiger charge is -2.17. The summed E-state index contributed by atoms with van der Waals surface area (Å²) in [5.41, 5.74) is 0.869. The number of Topliss-reactive ketones (excluding diaryl/α,β-unsaturated/α-hetero) is 1. The topological polar surface area (TPSA) is 71.0 Å². The highest BCUT2D eigenvalue weighted by Gasteiger charge is 2.21. The van der Waals surface area contributed by atoms with Gasteiger partial charge in [0.2, 0.25) is 0 Å². The summed E-state index contributed by atoms with van der Waals surface area (Å²) in [6.07, 6.45) is 4.04. The Hall–Kier alpha value is -2.50. The third kappa shape index (κ3) is 2.74. The van der Waals surface area contributed by atoms with Crippen molar-refractivity contribution in [1.82, 2.24) is 15.0 Å². The smallest absolute Gasteiger partial charge is 0.153 e. The Morgan fingerprint density at radius 3 is 2.95 bits per heavy atom. The number of aromatic nitrogens is 3. The molecule has 0 aliphatic carbocycles. The molecule has 1 aliphatic heterocycles. The molecule has 2 aromatic heterocycles. The van der Waals surface area contributed by atoms with Crippen molar-refractivity contribution < 1.29 is 4.79 Å². The van der Waals surface area contributed by atoms with Crippen molar-refractivity contribution in [1.29, 1.82) is 0 Å². The molecule has 0 saturated carbocycles. The zero-order valence-electron chi connectivity index (χ0n) is 11.2. The normalized spacial score (nSPS) is 14.7. The van der Waals surface area contributed by atoms with Crippen LogP contribution in [0, 0.1) is 6.92 Å². The lowest BCUT2D eigenvalue weighted by molar-refractivity contribution is -0.116. The maximum Gasteiger partial charge on any atom is 0.153 e. The molecule has 6 nitrogen and oxygen atoms in total. The molecule has 0 bridgehead atoms. The fraction of sp³-hybridized carbons (Fsp3) is 0.286. The molecule has 1 N–H and O–H groups in total. The second-order valence-corrected chi connectivity index (χ2v) is 4.74. The molecule has 1 saturated heterocycles. The molecule has 0 spiro atoms. The van der Waals surface area contributed by atoms with E-state index < -0.39 is 0 Å². The monoisotopic (exact) mass is 269 g/mol. The average molecular weight is 269 g/mol. The zero-order valence-corrected chi connectivity index (χ0v) is 11.2. The number of rotatable bonds is 3. The van der Waals surface area contributed by atoms with Crippen LogP contribution in [0.1, 0.15) is 12.2 Å². The first-order valence-electron chi connectivity index (χ1n) is 6.50. The SMILES string of the molecule is Cc1nc(Nc2cccnc2)cc(N2CCC(=O)C2)n1. The molecule has 2 aromatic rings. The van der Waals surface area contributed by atoms with Crippen LogP contribution in [0.4, 0.5) is 17.3 Å². The van der Waals surface area contributed by atoms with Crippen LogP contribution in [0.25, 0.3) is 0 Å². The van der Waals surface area contributed by atoms with E-state index in [0.29, 0.717) is 24.6 Å². The molecule has 102 valence electrons. The molecular weight excluding hydrogens is 254 g/mol. The maximum absolute atomic E-state index is 11.4. The number of carbonyl (C=O) groups excluding carboxylic acids is 1. The molecule has 3 heterocycles. The highest BCUT2D eigenvalue weighted by Crippen LogP contribution is 2.21. The van der Waals surface area contributed by atoms with Crippen LogP contribution in [0.2, 0.25) is 0 Å². The van der Waals surface area contributed by atoms with Crippen molar-refractivity contribution >= 4 is 23.1 Å².